The molecule has 0 atom stereocenters. The predicted molar refractivity (Wildman–Crippen MR) is 79.2 cm³/mol. The molecule has 104 valence electrons. The molecule has 0 amide bonds. The molecule has 2 rings (SSSR count). The summed E-state index contributed by atoms with van der Waals surface area (Å²) >= 11 is 6.07. The standard InChI is InChI=1S/C16H16ClNO2/c1-3-20-16(19)13-9-11(2)15(17)18-14(13)10-12-7-5-4-6-8-12/h4-9H,3,10H2,1-2H3. The summed E-state index contributed by atoms with van der Waals surface area (Å²) in [7, 11) is 0. The third kappa shape index (κ3) is 3.36. The second-order valence-corrected chi connectivity index (χ2v) is 4.83. The molecule has 0 fully saturated rings. The van der Waals surface area contributed by atoms with Crippen LogP contribution in [0, 0.1) is 6.92 Å². The van der Waals surface area contributed by atoms with E-state index in [0.717, 1.165) is 11.1 Å². The maximum atomic E-state index is 12.0. The van der Waals surface area contributed by atoms with E-state index in [1.807, 2.05) is 37.3 Å². The molecule has 0 aliphatic rings. The lowest BCUT2D eigenvalue weighted by Crippen LogP contribution is -2.11. The first-order valence-corrected chi connectivity index (χ1v) is 6.86. The molecule has 0 radical (unpaired) electrons. The van der Waals surface area contributed by atoms with E-state index in [-0.39, 0.29) is 5.97 Å². The number of hydrogen-bond donors (Lipinski definition) is 0. The van der Waals surface area contributed by atoms with Crippen LogP contribution < -0.4 is 0 Å². The Balaban J connectivity index is 2.40. The fourth-order valence-electron chi connectivity index (χ4n) is 1.94. The number of halogens is 1. The van der Waals surface area contributed by atoms with Gasteiger partial charge in [0, 0.05) is 6.42 Å². The van der Waals surface area contributed by atoms with Crippen molar-refractivity contribution in [3.8, 4) is 0 Å². The number of rotatable bonds is 4. The Morgan fingerprint density at radius 1 is 1.30 bits per heavy atom. The highest BCUT2D eigenvalue weighted by Gasteiger charge is 2.16. The van der Waals surface area contributed by atoms with Crippen LogP contribution in [0.15, 0.2) is 36.4 Å². The van der Waals surface area contributed by atoms with Gasteiger partial charge >= 0.3 is 5.97 Å². The number of hydrogen-bond acceptors (Lipinski definition) is 3. The Kier molecular flexibility index (Phi) is 4.74. The minimum Gasteiger partial charge on any atom is -0.462 e. The van der Waals surface area contributed by atoms with Gasteiger partial charge in [0.25, 0.3) is 0 Å². The lowest BCUT2D eigenvalue weighted by atomic mass is 10.0. The zero-order valence-electron chi connectivity index (χ0n) is 11.5. The van der Waals surface area contributed by atoms with Gasteiger partial charge in [0.2, 0.25) is 0 Å². The molecule has 1 aromatic carbocycles. The third-order valence-corrected chi connectivity index (χ3v) is 3.32. The quantitative estimate of drug-likeness (QED) is 0.634. The van der Waals surface area contributed by atoms with Crippen LogP contribution >= 0.6 is 11.6 Å². The minimum absolute atomic E-state index is 0.339. The first kappa shape index (κ1) is 14.5. The van der Waals surface area contributed by atoms with Crippen LogP contribution in [0.4, 0.5) is 0 Å². The number of aromatic nitrogens is 1. The molecule has 0 aliphatic heterocycles. The average Bonchev–Trinajstić information content (AvgIpc) is 2.44. The van der Waals surface area contributed by atoms with Crippen molar-refractivity contribution >= 4 is 17.6 Å². The summed E-state index contributed by atoms with van der Waals surface area (Å²) in [6, 6.07) is 11.6. The molecule has 4 heteroatoms. The van der Waals surface area contributed by atoms with E-state index in [1.165, 1.54) is 0 Å². The molecule has 0 saturated carbocycles. The molecule has 3 nitrogen and oxygen atoms in total. The normalized spacial score (nSPS) is 10.3. The summed E-state index contributed by atoms with van der Waals surface area (Å²) in [6.45, 7) is 3.95. The largest absolute Gasteiger partial charge is 0.462 e. The van der Waals surface area contributed by atoms with Crippen molar-refractivity contribution in [1.82, 2.24) is 4.98 Å². The van der Waals surface area contributed by atoms with Crippen molar-refractivity contribution in [2.24, 2.45) is 0 Å². The Hall–Kier alpha value is -1.87. The first-order valence-electron chi connectivity index (χ1n) is 6.49. The summed E-state index contributed by atoms with van der Waals surface area (Å²) in [5.74, 6) is -0.356. The van der Waals surface area contributed by atoms with E-state index in [9.17, 15) is 4.79 Å². The molecule has 0 aliphatic carbocycles. The third-order valence-electron chi connectivity index (χ3n) is 2.94. The zero-order chi connectivity index (χ0) is 14.5. The SMILES string of the molecule is CCOC(=O)c1cc(C)c(Cl)nc1Cc1ccccc1. The average molecular weight is 290 g/mol. The van der Waals surface area contributed by atoms with Crippen molar-refractivity contribution in [3.05, 3.63) is 63.9 Å². The van der Waals surface area contributed by atoms with Crippen LogP contribution in [-0.4, -0.2) is 17.6 Å². The van der Waals surface area contributed by atoms with Gasteiger partial charge in [0.05, 0.1) is 17.9 Å². The Labute approximate surface area is 123 Å². The lowest BCUT2D eigenvalue weighted by Gasteiger charge is -2.10. The molecule has 1 heterocycles. The maximum Gasteiger partial charge on any atom is 0.340 e. The van der Waals surface area contributed by atoms with Gasteiger partial charge < -0.3 is 4.74 Å². The first-order chi connectivity index (χ1) is 9.61. The van der Waals surface area contributed by atoms with Crippen molar-refractivity contribution in [2.75, 3.05) is 6.61 Å². The predicted octanol–water partition coefficient (Wildman–Crippen LogP) is 3.81. The van der Waals surface area contributed by atoms with Gasteiger partial charge in [-0.25, -0.2) is 9.78 Å². The van der Waals surface area contributed by atoms with Crippen LogP contribution in [0.5, 0.6) is 0 Å². The van der Waals surface area contributed by atoms with E-state index in [4.69, 9.17) is 16.3 Å². The molecule has 2 aromatic rings. The molecular formula is C16H16ClNO2. The molecule has 0 unspecified atom stereocenters. The maximum absolute atomic E-state index is 12.0. The van der Waals surface area contributed by atoms with Crippen molar-refractivity contribution in [1.29, 1.82) is 0 Å². The highest BCUT2D eigenvalue weighted by Crippen LogP contribution is 2.20. The van der Waals surface area contributed by atoms with Crippen LogP contribution in [0.3, 0.4) is 0 Å². The van der Waals surface area contributed by atoms with Crippen LogP contribution in [-0.2, 0) is 11.2 Å². The summed E-state index contributed by atoms with van der Waals surface area (Å²) in [4.78, 5) is 16.3. The Morgan fingerprint density at radius 3 is 2.65 bits per heavy atom. The van der Waals surface area contributed by atoms with Gasteiger partial charge in [-0.3, -0.25) is 0 Å². The van der Waals surface area contributed by atoms with Crippen LogP contribution in [0.1, 0.15) is 34.1 Å². The fourth-order valence-corrected chi connectivity index (χ4v) is 2.09. The summed E-state index contributed by atoms with van der Waals surface area (Å²) < 4.78 is 5.08. The number of nitrogens with zero attached hydrogens (tertiary/aromatic N) is 1. The van der Waals surface area contributed by atoms with Crippen LogP contribution in [0.2, 0.25) is 5.15 Å². The Bertz CT molecular complexity index is 611. The minimum atomic E-state index is -0.356. The number of ether oxygens (including phenoxy) is 1. The number of carbonyl (C=O) groups excluding carboxylic acids is 1. The monoisotopic (exact) mass is 289 g/mol. The van der Waals surface area contributed by atoms with E-state index in [1.54, 1.807) is 13.0 Å². The number of aryl methyl sites for hydroxylation is 1. The highest BCUT2D eigenvalue weighted by molar-refractivity contribution is 6.30. The molecule has 0 N–H and O–H groups in total. The summed E-state index contributed by atoms with van der Waals surface area (Å²) in [6.07, 6.45) is 0.551. The van der Waals surface area contributed by atoms with Gasteiger partial charge in [-0.05, 0) is 31.0 Å². The second kappa shape index (κ2) is 6.53. The fraction of sp³-hybridized carbons (Fsp3) is 0.250. The van der Waals surface area contributed by atoms with Crippen molar-refractivity contribution in [3.63, 3.8) is 0 Å². The van der Waals surface area contributed by atoms with E-state index < -0.39 is 0 Å². The molecule has 0 saturated heterocycles. The highest BCUT2D eigenvalue weighted by atomic mass is 35.5. The molecular weight excluding hydrogens is 274 g/mol. The van der Waals surface area contributed by atoms with Crippen molar-refractivity contribution in [2.45, 2.75) is 20.3 Å². The lowest BCUT2D eigenvalue weighted by molar-refractivity contribution is 0.0524. The molecule has 1 aromatic heterocycles. The van der Waals surface area contributed by atoms with E-state index >= 15 is 0 Å². The van der Waals surface area contributed by atoms with Crippen molar-refractivity contribution < 1.29 is 9.53 Å². The summed E-state index contributed by atoms with van der Waals surface area (Å²) in [5.41, 5.74) is 2.97. The molecule has 0 spiro atoms. The van der Waals surface area contributed by atoms with Gasteiger partial charge in [-0.1, -0.05) is 41.9 Å². The van der Waals surface area contributed by atoms with Gasteiger partial charge in [-0.15, -0.1) is 0 Å². The van der Waals surface area contributed by atoms with Crippen LogP contribution in [0.25, 0.3) is 0 Å². The Morgan fingerprint density at radius 2 is 2.00 bits per heavy atom. The molecule has 20 heavy (non-hydrogen) atoms. The number of pyridine rings is 1. The number of carbonyl (C=O) groups is 1. The zero-order valence-corrected chi connectivity index (χ0v) is 12.3. The molecule has 0 bridgehead atoms. The van der Waals surface area contributed by atoms with E-state index in [0.29, 0.717) is 29.4 Å². The second-order valence-electron chi connectivity index (χ2n) is 4.47. The van der Waals surface area contributed by atoms with E-state index in [2.05, 4.69) is 4.98 Å². The van der Waals surface area contributed by atoms with Gasteiger partial charge in [0.15, 0.2) is 0 Å². The summed E-state index contributed by atoms with van der Waals surface area (Å²) in [5, 5.41) is 0.420. The number of benzene rings is 1. The number of esters is 1. The van der Waals surface area contributed by atoms with Gasteiger partial charge in [-0.2, -0.15) is 0 Å². The topological polar surface area (TPSA) is 39.2 Å². The van der Waals surface area contributed by atoms with Gasteiger partial charge in [0.1, 0.15) is 5.15 Å². The smallest absolute Gasteiger partial charge is 0.340 e.